The van der Waals surface area contributed by atoms with Gasteiger partial charge in [0.05, 0.1) is 10.5 Å². The number of benzene rings is 3. The zero-order chi connectivity index (χ0) is 19.2. The molecule has 1 heterocycles. The number of aryl methyl sites for hydroxylation is 1. The van der Waals surface area contributed by atoms with Crippen LogP contribution in [0.1, 0.15) is 23.0 Å². The highest BCUT2D eigenvalue weighted by atomic mass is 32.2. The van der Waals surface area contributed by atoms with E-state index in [0.29, 0.717) is 33.4 Å². The minimum atomic E-state index is -3.80. The largest absolute Gasteiger partial charge is 0.461 e. The summed E-state index contributed by atoms with van der Waals surface area (Å²) in [6.45, 7) is 3.18. The van der Waals surface area contributed by atoms with Crippen LogP contribution in [0, 0.1) is 6.92 Å². The number of hydrogen-bond acceptors (Lipinski definition) is 4. The Hall–Kier alpha value is -3.12. The van der Waals surface area contributed by atoms with Crippen molar-refractivity contribution in [3.8, 4) is 0 Å². The highest BCUT2D eigenvalue weighted by molar-refractivity contribution is 7.93. The van der Waals surface area contributed by atoms with Crippen LogP contribution in [0.5, 0.6) is 0 Å². The van der Waals surface area contributed by atoms with Crippen molar-refractivity contribution in [3.05, 3.63) is 72.0 Å². The zero-order valence-corrected chi connectivity index (χ0v) is 15.6. The van der Waals surface area contributed by atoms with Crippen molar-refractivity contribution in [2.24, 2.45) is 0 Å². The minimum absolute atomic E-state index is 0.125. The molecule has 0 amide bonds. The van der Waals surface area contributed by atoms with E-state index in [-0.39, 0.29) is 10.7 Å². The van der Waals surface area contributed by atoms with Gasteiger partial charge in [-0.05, 0) is 43.5 Å². The molecule has 0 aliphatic heterocycles. The maximum atomic E-state index is 13.0. The first-order valence-corrected chi connectivity index (χ1v) is 9.90. The summed E-state index contributed by atoms with van der Waals surface area (Å²) in [7, 11) is -3.80. The Balaban J connectivity index is 1.81. The summed E-state index contributed by atoms with van der Waals surface area (Å²) in [6, 6.07) is 17.4. The van der Waals surface area contributed by atoms with Crippen LogP contribution in [-0.4, -0.2) is 14.2 Å². The molecule has 0 spiro atoms. The van der Waals surface area contributed by atoms with Crippen molar-refractivity contribution in [1.82, 2.24) is 0 Å². The molecule has 0 saturated heterocycles. The number of sulfonamides is 1. The molecule has 4 rings (SSSR count). The average molecular weight is 379 g/mol. The fourth-order valence-electron chi connectivity index (χ4n) is 3.36. The number of rotatable bonds is 4. The number of Topliss-reactive ketones (excluding diaryl/α,β-unsaturated/α-hetero) is 1. The second-order valence-corrected chi connectivity index (χ2v) is 8.03. The molecule has 0 atom stereocenters. The molecular formula is C21H17NO4S. The van der Waals surface area contributed by atoms with Crippen molar-refractivity contribution in [1.29, 1.82) is 0 Å². The highest BCUT2D eigenvalue weighted by Crippen LogP contribution is 2.30. The fourth-order valence-corrected chi connectivity index (χ4v) is 4.64. The quantitative estimate of drug-likeness (QED) is 0.512. The molecular weight excluding hydrogens is 362 g/mol. The molecule has 6 heteroatoms. The summed E-state index contributed by atoms with van der Waals surface area (Å²) < 4.78 is 34.2. The van der Waals surface area contributed by atoms with E-state index in [2.05, 4.69) is 4.72 Å². The van der Waals surface area contributed by atoms with Crippen LogP contribution in [0.4, 0.5) is 5.69 Å². The van der Waals surface area contributed by atoms with Crippen molar-refractivity contribution in [2.45, 2.75) is 18.7 Å². The smallest absolute Gasteiger partial charge is 0.262 e. The van der Waals surface area contributed by atoms with Crippen LogP contribution in [-0.2, 0) is 10.0 Å². The van der Waals surface area contributed by atoms with Crippen molar-refractivity contribution in [3.63, 3.8) is 0 Å². The summed E-state index contributed by atoms with van der Waals surface area (Å²) in [6.07, 6.45) is 0. The van der Waals surface area contributed by atoms with Crippen LogP contribution in [0.25, 0.3) is 21.7 Å². The molecule has 0 unspecified atom stereocenters. The van der Waals surface area contributed by atoms with Crippen molar-refractivity contribution >= 4 is 43.2 Å². The Morgan fingerprint density at radius 2 is 1.70 bits per heavy atom. The first kappa shape index (κ1) is 17.3. The number of ketones is 1. The molecule has 0 bridgehead atoms. The Morgan fingerprint density at radius 3 is 2.48 bits per heavy atom. The van der Waals surface area contributed by atoms with Gasteiger partial charge in [-0.1, -0.05) is 36.4 Å². The molecule has 0 fully saturated rings. The topological polar surface area (TPSA) is 76.4 Å². The Bertz CT molecular complexity index is 1300. The minimum Gasteiger partial charge on any atom is -0.461 e. The lowest BCUT2D eigenvalue weighted by atomic mass is 10.1. The molecule has 0 saturated carbocycles. The molecule has 5 nitrogen and oxygen atoms in total. The molecule has 1 aromatic heterocycles. The van der Waals surface area contributed by atoms with Gasteiger partial charge < -0.3 is 4.42 Å². The number of furan rings is 1. The van der Waals surface area contributed by atoms with Gasteiger partial charge in [-0.25, -0.2) is 8.42 Å². The van der Waals surface area contributed by atoms with E-state index in [0.717, 1.165) is 5.39 Å². The first-order valence-electron chi connectivity index (χ1n) is 8.41. The van der Waals surface area contributed by atoms with Crippen molar-refractivity contribution < 1.29 is 17.6 Å². The van der Waals surface area contributed by atoms with Gasteiger partial charge in [-0.2, -0.15) is 0 Å². The number of hydrogen-bond donors (Lipinski definition) is 1. The average Bonchev–Trinajstić information content (AvgIpc) is 2.96. The molecule has 4 aromatic rings. The molecule has 27 heavy (non-hydrogen) atoms. The predicted molar refractivity (Wildman–Crippen MR) is 106 cm³/mol. The third-order valence-electron chi connectivity index (χ3n) is 4.51. The number of carbonyl (C=O) groups excluding carboxylic acids is 1. The number of carbonyl (C=O) groups is 1. The van der Waals surface area contributed by atoms with E-state index in [4.69, 9.17) is 4.42 Å². The molecule has 3 aromatic carbocycles. The number of fused-ring (bicyclic) bond motifs is 2. The summed E-state index contributed by atoms with van der Waals surface area (Å²) in [4.78, 5) is 12.1. The van der Waals surface area contributed by atoms with Crippen LogP contribution in [0.15, 0.2) is 70.0 Å². The van der Waals surface area contributed by atoms with Crippen LogP contribution in [0.3, 0.4) is 0 Å². The van der Waals surface area contributed by atoms with E-state index in [9.17, 15) is 13.2 Å². The third-order valence-corrected chi connectivity index (χ3v) is 5.95. The molecule has 1 N–H and O–H groups in total. The van der Waals surface area contributed by atoms with E-state index in [1.54, 1.807) is 49.4 Å². The molecule has 0 radical (unpaired) electrons. The Labute approximate surface area is 156 Å². The predicted octanol–water partition coefficient (Wildman–Crippen LogP) is 4.90. The van der Waals surface area contributed by atoms with E-state index in [1.165, 1.54) is 6.92 Å². The van der Waals surface area contributed by atoms with E-state index in [1.807, 2.05) is 18.2 Å². The maximum Gasteiger partial charge on any atom is 0.262 e. The van der Waals surface area contributed by atoms with Crippen LogP contribution in [0.2, 0.25) is 0 Å². The summed E-state index contributed by atoms with van der Waals surface area (Å²) in [5, 5.41) is 2.09. The third kappa shape index (κ3) is 2.98. The summed E-state index contributed by atoms with van der Waals surface area (Å²) >= 11 is 0. The number of nitrogens with one attached hydrogen (secondary N) is 1. The lowest BCUT2D eigenvalue weighted by Crippen LogP contribution is -2.13. The Morgan fingerprint density at radius 1 is 0.963 bits per heavy atom. The van der Waals surface area contributed by atoms with Gasteiger partial charge in [0.1, 0.15) is 11.3 Å². The lowest BCUT2D eigenvalue weighted by Gasteiger charge is -2.11. The highest BCUT2D eigenvalue weighted by Gasteiger charge is 2.19. The normalized spacial score (nSPS) is 11.8. The van der Waals surface area contributed by atoms with Crippen LogP contribution >= 0.6 is 0 Å². The van der Waals surface area contributed by atoms with Gasteiger partial charge in [0.15, 0.2) is 5.78 Å². The molecule has 136 valence electrons. The van der Waals surface area contributed by atoms with E-state index >= 15 is 0 Å². The zero-order valence-electron chi connectivity index (χ0n) is 14.8. The van der Waals surface area contributed by atoms with Gasteiger partial charge in [0, 0.05) is 16.5 Å². The maximum absolute atomic E-state index is 13.0. The molecule has 0 aliphatic rings. The monoisotopic (exact) mass is 379 g/mol. The van der Waals surface area contributed by atoms with Crippen molar-refractivity contribution in [2.75, 3.05) is 4.72 Å². The fraction of sp³-hybridized carbons (Fsp3) is 0.0952. The standard InChI is InChI=1S/C21H17NO4S/c1-13(23)21-14(2)26-19-11-10-16(12-18(19)21)22-27(24,25)20-9-5-7-15-6-3-4-8-17(15)20/h3-12,22H,1-2H3. The van der Waals surface area contributed by atoms with Gasteiger partial charge in [0.2, 0.25) is 0 Å². The second-order valence-electron chi connectivity index (χ2n) is 6.38. The van der Waals surface area contributed by atoms with Gasteiger partial charge in [-0.3, -0.25) is 9.52 Å². The van der Waals surface area contributed by atoms with E-state index < -0.39 is 10.0 Å². The van der Waals surface area contributed by atoms with Gasteiger partial charge in [-0.15, -0.1) is 0 Å². The number of anilines is 1. The van der Waals surface area contributed by atoms with Crippen LogP contribution < -0.4 is 4.72 Å². The van der Waals surface area contributed by atoms with Gasteiger partial charge in [0.25, 0.3) is 10.0 Å². The molecule has 0 aliphatic carbocycles. The summed E-state index contributed by atoms with van der Waals surface area (Å²) in [5.74, 6) is 0.395. The summed E-state index contributed by atoms with van der Waals surface area (Å²) in [5.41, 5.74) is 1.39. The lowest BCUT2D eigenvalue weighted by molar-refractivity contribution is 0.101. The Kier molecular flexibility index (Phi) is 4.00. The first-order chi connectivity index (χ1) is 12.9. The van der Waals surface area contributed by atoms with Gasteiger partial charge >= 0.3 is 0 Å². The SMILES string of the molecule is CC(=O)c1c(C)oc2ccc(NS(=O)(=O)c3cccc4ccccc34)cc12. The second kappa shape index (κ2) is 6.25.